The van der Waals surface area contributed by atoms with Crippen molar-refractivity contribution in [3.8, 4) is 0 Å². The second-order valence-corrected chi connectivity index (χ2v) is 5.93. The van der Waals surface area contributed by atoms with Crippen LogP contribution in [-0.2, 0) is 0 Å². The van der Waals surface area contributed by atoms with Crippen LogP contribution in [0.2, 0.25) is 0 Å². The Hall–Kier alpha value is -1.06. The summed E-state index contributed by atoms with van der Waals surface area (Å²) in [4.78, 5) is 5.29. The average Bonchev–Trinajstić information content (AvgIpc) is 2.86. The molecule has 0 aromatic heterocycles. The summed E-state index contributed by atoms with van der Waals surface area (Å²) in [6.45, 7) is 9.48. The van der Waals surface area contributed by atoms with Gasteiger partial charge in [0.2, 0.25) is 0 Å². The molecule has 2 heterocycles. The van der Waals surface area contributed by atoms with Gasteiger partial charge in [-0.05, 0) is 44.0 Å². The molecule has 3 heteroatoms. The fraction of sp³-hybridized carbons (Fsp3) is 0.625. The molecule has 2 aliphatic rings. The van der Waals surface area contributed by atoms with Crippen molar-refractivity contribution in [3.63, 3.8) is 0 Å². The number of hydrogen-bond acceptors (Lipinski definition) is 3. The minimum absolute atomic E-state index is 0.840. The Balaban J connectivity index is 1.43. The van der Waals surface area contributed by atoms with Gasteiger partial charge >= 0.3 is 0 Å². The number of nitrogens with zero attached hydrogens (tertiary/aromatic N) is 2. The molecular formula is C16H25N3. The monoisotopic (exact) mass is 259 g/mol. The molecule has 1 aromatic carbocycles. The molecule has 2 fully saturated rings. The van der Waals surface area contributed by atoms with Crippen LogP contribution in [0.15, 0.2) is 24.3 Å². The highest BCUT2D eigenvalue weighted by atomic mass is 15.3. The Morgan fingerprint density at radius 2 is 2.21 bits per heavy atom. The predicted octanol–water partition coefficient (Wildman–Crippen LogP) is 2.19. The molecule has 0 amide bonds. The van der Waals surface area contributed by atoms with Crippen LogP contribution in [0.4, 0.5) is 5.69 Å². The number of rotatable bonds is 4. The second-order valence-electron chi connectivity index (χ2n) is 5.93. The van der Waals surface area contributed by atoms with E-state index in [1.807, 2.05) is 0 Å². The molecule has 19 heavy (non-hydrogen) atoms. The lowest BCUT2D eigenvalue weighted by atomic mass is 10.1. The SMILES string of the molecule is Cc1cccc(NCCN2CCN3CCCC3C2)c1. The summed E-state index contributed by atoms with van der Waals surface area (Å²) in [5.41, 5.74) is 2.57. The molecule has 3 rings (SSSR count). The van der Waals surface area contributed by atoms with Gasteiger partial charge in [-0.2, -0.15) is 0 Å². The van der Waals surface area contributed by atoms with Gasteiger partial charge < -0.3 is 5.32 Å². The van der Waals surface area contributed by atoms with E-state index in [0.717, 1.165) is 19.1 Å². The number of anilines is 1. The Kier molecular flexibility index (Phi) is 4.04. The van der Waals surface area contributed by atoms with Gasteiger partial charge in [0.25, 0.3) is 0 Å². The summed E-state index contributed by atoms with van der Waals surface area (Å²) in [6, 6.07) is 9.48. The Labute approximate surface area is 116 Å². The van der Waals surface area contributed by atoms with E-state index in [-0.39, 0.29) is 0 Å². The first kappa shape index (κ1) is 12.9. The molecule has 0 bridgehead atoms. The number of hydrogen-bond donors (Lipinski definition) is 1. The van der Waals surface area contributed by atoms with Crippen LogP contribution in [0.5, 0.6) is 0 Å². The zero-order valence-corrected chi connectivity index (χ0v) is 11.9. The molecule has 3 nitrogen and oxygen atoms in total. The van der Waals surface area contributed by atoms with Crippen molar-refractivity contribution < 1.29 is 0 Å². The third-order valence-corrected chi connectivity index (χ3v) is 4.45. The van der Waals surface area contributed by atoms with Gasteiger partial charge in [0.1, 0.15) is 0 Å². The third kappa shape index (κ3) is 3.28. The molecule has 0 spiro atoms. The maximum Gasteiger partial charge on any atom is 0.0343 e. The zero-order chi connectivity index (χ0) is 13.1. The topological polar surface area (TPSA) is 18.5 Å². The van der Waals surface area contributed by atoms with E-state index < -0.39 is 0 Å². The van der Waals surface area contributed by atoms with E-state index in [9.17, 15) is 0 Å². The number of fused-ring (bicyclic) bond motifs is 1. The van der Waals surface area contributed by atoms with Gasteiger partial charge in [-0.3, -0.25) is 9.80 Å². The largest absolute Gasteiger partial charge is 0.384 e. The normalized spacial score (nSPS) is 24.4. The van der Waals surface area contributed by atoms with Crippen LogP contribution in [0, 0.1) is 6.92 Å². The highest BCUT2D eigenvalue weighted by Gasteiger charge is 2.29. The molecule has 2 aliphatic heterocycles. The molecule has 104 valence electrons. The molecule has 0 aliphatic carbocycles. The number of piperazine rings is 1. The van der Waals surface area contributed by atoms with E-state index in [0.29, 0.717) is 0 Å². The van der Waals surface area contributed by atoms with Crippen LogP contribution < -0.4 is 5.32 Å². The molecule has 1 aromatic rings. The minimum atomic E-state index is 0.840. The molecule has 2 saturated heterocycles. The third-order valence-electron chi connectivity index (χ3n) is 4.45. The van der Waals surface area contributed by atoms with Crippen LogP contribution in [-0.4, -0.2) is 55.1 Å². The number of nitrogens with one attached hydrogen (secondary N) is 1. The van der Waals surface area contributed by atoms with E-state index in [4.69, 9.17) is 0 Å². The van der Waals surface area contributed by atoms with E-state index in [2.05, 4.69) is 46.3 Å². The number of aryl methyl sites for hydroxylation is 1. The lowest BCUT2D eigenvalue weighted by molar-refractivity contribution is 0.108. The molecule has 1 atom stereocenters. The predicted molar refractivity (Wildman–Crippen MR) is 80.7 cm³/mol. The Morgan fingerprint density at radius 3 is 3.11 bits per heavy atom. The summed E-state index contributed by atoms with van der Waals surface area (Å²) in [7, 11) is 0. The first-order valence-corrected chi connectivity index (χ1v) is 7.58. The van der Waals surface area contributed by atoms with Crippen molar-refractivity contribution >= 4 is 5.69 Å². The molecular weight excluding hydrogens is 234 g/mol. The molecule has 0 saturated carbocycles. The van der Waals surface area contributed by atoms with E-state index in [1.165, 1.54) is 50.3 Å². The summed E-state index contributed by atoms with van der Waals surface area (Å²) in [5.74, 6) is 0. The van der Waals surface area contributed by atoms with Crippen LogP contribution in [0.1, 0.15) is 18.4 Å². The van der Waals surface area contributed by atoms with Crippen molar-refractivity contribution in [2.45, 2.75) is 25.8 Å². The van der Waals surface area contributed by atoms with Gasteiger partial charge in [0.15, 0.2) is 0 Å². The highest BCUT2D eigenvalue weighted by Crippen LogP contribution is 2.21. The minimum Gasteiger partial charge on any atom is -0.384 e. The standard InChI is InChI=1S/C16H25N3/c1-14-4-2-5-15(12-14)17-7-9-18-10-11-19-8-3-6-16(19)13-18/h2,4-5,12,16-17H,3,6-11,13H2,1H3. The first-order chi connectivity index (χ1) is 9.31. The van der Waals surface area contributed by atoms with Gasteiger partial charge in [-0.15, -0.1) is 0 Å². The van der Waals surface area contributed by atoms with Crippen molar-refractivity contribution in [2.24, 2.45) is 0 Å². The molecule has 1 unspecified atom stereocenters. The first-order valence-electron chi connectivity index (χ1n) is 7.58. The van der Waals surface area contributed by atoms with Crippen molar-refractivity contribution in [1.82, 2.24) is 9.80 Å². The zero-order valence-electron chi connectivity index (χ0n) is 11.9. The van der Waals surface area contributed by atoms with Gasteiger partial charge in [0, 0.05) is 44.5 Å². The van der Waals surface area contributed by atoms with Crippen LogP contribution in [0.25, 0.3) is 0 Å². The van der Waals surface area contributed by atoms with Crippen LogP contribution in [0.3, 0.4) is 0 Å². The second kappa shape index (κ2) is 5.93. The molecule has 0 radical (unpaired) electrons. The van der Waals surface area contributed by atoms with Crippen molar-refractivity contribution in [1.29, 1.82) is 0 Å². The summed E-state index contributed by atoms with van der Waals surface area (Å²) < 4.78 is 0. The fourth-order valence-electron chi connectivity index (χ4n) is 3.37. The summed E-state index contributed by atoms with van der Waals surface area (Å²) in [6.07, 6.45) is 2.81. The van der Waals surface area contributed by atoms with E-state index in [1.54, 1.807) is 0 Å². The van der Waals surface area contributed by atoms with Crippen molar-refractivity contribution in [2.75, 3.05) is 44.6 Å². The quantitative estimate of drug-likeness (QED) is 0.894. The average molecular weight is 259 g/mol. The van der Waals surface area contributed by atoms with Crippen LogP contribution >= 0.6 is 0 Å². The van der Waals surface area contributed by atoms with E-state index >= 15 is 0 Å². The summed E-state index contributed by atoms with van der Waals surface area (Å²) >= 11 is 0. The van der Waals surface area contributed by atoms with Crippen molar-refractivity contribution in [3.05, 3.63) is 29.8 Å². The maximum absolute atomic E-state index is 3.54. The lowest BCUT2D eigenvalue weighted by Gasteiger charge is -2.37. The fourth-order valence-corrected chi connectivity index (χ4v) is 3.37. The van der Waals surface area contributed by atoms with Gasteiger partial charge in [-0.1, -0.05) is 12.1 Å². The Bertz CT molecular complexity index is 418. The number of benzene rings is 1. The summed E-state index contributed by atoms with van der Waals surface area (Å²) in [5, 5.41) is 3.54. The van der Waals surface area contributed by atoms with Gasteiger partial charge in [0.05, 0.1) is 0 Å². The lowest BCUT2D eigenvalue weighted by Crippen LogP contribution is -2.51. The van der Waals surface area contributed by atoms with Gasteiger partial charge in [-0.25, -0.2) is 0 Å². The molecule has 1 N–H and O–H groups in total. The maximum atomic E-state index is 3.54. The Morgan fingerprint density at radius 1 is 1.26 bits per heavy atom. The highest BCUT2D eigenvalue weighted by molar-refractivity contribution is 5.45. The smallest absolute Gasteiger partial charge is 0.0343 e.